The molecule has 1 aliphatic carbocycles. The number of methoxy groups -OCH3 is 1. The monoisotopic (exact) mass is 2180 g/mol. The maximum atomic E-state index is 15.6. The number of nitrogens with zero attached hydrogens (tertiary/aromatic N) is 1. The molecule has 0 aromatic heterocycles. The maximum absolute atomic E-state index is 15.6. The number of ether oxygens (including phenoxy) is 6. The fourth-order valence-corrected chi connectivity index (χ4v) is 50.0. The molecule has 6 rings (SSSR count). The zero-order valence-corrected chi connectivity index (χ0v) is 107. The van der Waals surface area contributed by atoms with Crippen LogP contribution in [-0.4, -0.2) is 210 Å². The third-order valence-electron chi connectivity index (χ3n) is 36.6. The Labute approximate surface area is 899 Å². The molecule has 832 valence electrons. The highest BCUT2D eigenvalue weighted by Gasteiger charge is 2.57. The molecule has 2 aromatic carbocycles. The number of esters is 1. The van der Waals surface area contributed by atoms with Crippen molar-refractivity contribution in [2.75, 3.05) is 13.7 Å². The molecule has 2 bridgehead atoms. The van der Waals surface area contributed by atoms with E-state index in [2.05, 4.69) is 292 Å². The second kappa shape index (κ2) is 64.6. The number of hydrogen-bond donors (Lipinski definition) is 1. The first-order valence-electron chi connectivity index (χ1n) is 58.7. The molecular weight excluding hydrogens is 1970 g/mol. The largest absolute Gasteiger partial charge is 0.462 e. The van der Waals surface area contributed by atoms with Gasteiger partial charge in [-0.15, -0.1) is 0 Å². The van der Waals surface area contributed by atoms with E-state index in [9.17, 15) is 4.79 Å². The van der Waals surface area contributed by atoms with E-state index in [1.54, 1.807) is 7.11 Å². The summed E-state index contributed by atoms with van der Waals surface area (Å²) in [6.07, 6.45) is 24.6. The van der Waals surface area contributed by atoms with E-state index in [1.807, 2.05) is 67.7 Å². The van der Waals surface area contributed by atoms with Gasteiger partial charge < -0.3 is 73.6 Å². The van der Waals surface area contributed by atoms with Crippen molar-refractivity contribution in [2.45, 2.75) is 539 Å². The van der Waals surface area contributed by atoms with Crippen LogP contribution in [-0.2, 0) is 77.8 Å². The lowest BCUT2D eigenvalue weighted by molar-refractivity contribution is -0.307. The van der Waals surface area contributed by atoms with Gasteiger partial charge in [-0.1, -0.05) is 334 Å². The van der Waals surface area contributed by atoms with Crippen molar-refractivity contribution in [2.24, 2.45) is 16.8 Å². The summed E-state index contributed by atoms with van der Waals surface area (Å²) < 4.78 is 117. The number of hydrogen-bond acceptors (Lipinski definition) is 19. The highest BCUT2D eigenvalue weighted by Crippen LogP contribution is 2.49. The quantitative estimate of drug-likeness (QED) is 0.0282. The molecule has 4 aliphatic rings. The average Bonchev–Trinajstić information content (AvgIpc) is 1.34. The Bertz CT molecular complexity index is 4200. The van der Waals surface area contributed by atoms with Crippen molar-refractivity contribution in [1.29, 1.82) is 0 Å². The highest BCUT2D eigenvalue weighted by atomic mass is 28.4. The number of amides is 1. The molecule has 146 heavy (non-hydrogen) atoms. The Kier molecular flexibility index (Phi) is 57.9. The van der Waals surface area contributed by atoms with E-state index in [0.717, 1.165) is 185 Å². The number of carbonyl (C=O) groups excluding carboxylic acids is 3. The number of nitrogens with one attached hydrogen (secondary N) is 1. The first-order chi connectivity index (χ1) is 70.0. The predicted molar refractivity (Wildman–Crippen MR) is 631 cm³/mol. The zero-order chi connectivity index (χ0) is 108. The molecule has 20 nitrogen and oxygen atoms in total. The second-order valence-electron chi connectivity index (χ2n) is 43.0. The summed E-state index contributed by atoms with van der Waals surface area (Å²) in [6, 6.07) is 39.4. The van der Waals surface area contributed by atoms with Crippen LogP contribution in [0.1, 0.15) is 283 Å². The summed E-state index contributed by atoms with van der Waals surface area (Å²) in [5.74, 6) is -2.00. The number of fused-ring (bicyclic) bond motifs is 5. The summed E-state index contributed by atoms with van der Waals surface area (Å²) >= 11 is 0. The molecule has 19 atom stereocenters. The standard InChI is InChI=1S/C117H210N2O18Si9/c1-33-138(34-2,35-3)129-97-82-83-105(132-141(42-10,43-11)44-12)106(133-142(45-13,46-14)47-15)86-99(131-140(39-7,40-8)41-9)88-117(123-32)89-108(134-143(48-16,49-17)50-18)110(118-91-120)107(128-117)85-96(77-71-69-67-65-63-61-60-62-64-66-68-70-76-92(28)112(135-144(51-19,52-20)53-21)93(29)94(30)125-109(121)87-98(84-97)130-139(36-4,37-5)38-6)127-115-114(137-146(57-25,58-26)59-27)111(113(95(31)126-115)136-145(54-22,55-23)56-24)119-116(122)124-90-104-102-80-74-72-78-100(102)101-79-73-75-81-103(101)104/h60-81,92-99,104-108,110-115H,33-59,82-90H2,1-32H3,(H,119,122)/b61-60+,64-62+,65-63+,68-66+,69-67+,76-70+,77-71+/t92-,93-,94-,95+,96-,97+,98+,99-,105+,106+,107?,108-,110-,111-,112+,113+,114-,115-,117+/m0/s1. The molecular formula is C117H210N2O18Si9. The fraction of sp³-hybridized carbons (Fsp3) is 0.752. The van der Waals surface area contributed by atoms with Crippen molar-refractivity contribution in [3.05, 3.63) is 145 Å². The Morgan fingerprint density at radius 3 is 1.20 bits per heavy atom. The molecule has 2 aromatic rings. The van der Waals surface area contributed by atoms with Crippen LogP contribution in [0, 0.1) is 11.8 Å². The molecule has 29 heteroatoms. The summed E-state index contributed by atoms with van der Waals surface area (Å²) in [7, 11) is -20.8. The van der Waals surface area contributed by atoms with Gasteiger partial charge in [0.1, 0.15) is 24.9 Å². The van der Waals surface area contributed by atoms with Crippen LogP contribution in [0.4, 0.5) is 4.79 Å². The smallest absolute Gasteiger partial charge is 0.407 e. The van der Waals surface area contributed by atoms with Crippen molar-refractivity contribution < 1.29 is 82.6 Å². The van der Waals surface area contributed by atoms with Crippen LogP contribution in [0.5, 0.6) is 0 Å². The third kappa shape index (κ3) is 35.6. The van der Waals surface area contributed by atoms with Crippen LogP contribution < -0.4 is 5.32 Å². The first kappa shape index (κ1) is 131. The minimum Gasteiger partial charge on any atom is -0.462 e. The Balaban J connectivity index is 1.75. The number of allylic oxidation sites excluding steroid dienone is 12. The molecule has 1 N–H and O–H groups in total. The van der Waals surface area contributed by atoms with E-state index in [4.69, 9.17) is 73.2 Å². The van der Waals surface area contributed by atoms with E-state index in [-0.39, 0.29) is 68.2 Å². The van der Waals surface area contributed by atoms with Gasteiger partial charge in [0.25, 0.3) is 0 Å². The molecule has 0 radical (unpaired) electrons. The van der Waals surface area contributed by atoms with Gasteiger partial charge in [0.15, 0.2) is 86.9 Å². The summed E-state index contributed by atoms with van der Waals surface area (Å²) in [5.41, 5.74) is 4.52. The second-order valence-corrected chi connectivity index (χ2v) is 85.5. The third-order valence-corrected chi connectivity index (χ3v) is 78.6. The maximum Gasteiger partial charge on any atom is 0.407 e. The van der Waals surface area contributed by atoms with Gasteiger partial charge in [-0.2, -0.15) is 4.99 Å². The van der Waals surface area contributed by atoms with Gasteiger partial charge in [0.05, 0.1) is 73.5 Å². The van der Waals surface area contributed by atoms with Crippen molar-refractivity contribution >= 4 is 93.0 Å². The molecule has 0 saturated carbocycles. The van der Waals surface area contributed by atoms with Crippen molar-refractivity contribution in [3.63, 3.8) is 0 Å². The minimum atomic E-state index is -2.71. The van der Waals surface area contributed by atoms with Crippen LogP contribution in [0.25, 0.3) is 11.1 Å². The van der Waals surface area contributed by atoms with Crippen molar-refractivity contribution in [3.8, 4) is 11.1 Å². The van der Waals surface area contributed by atoms with Gasteiger partial charge in [-0.3, -0.25) is 4.79 Å². The van der Waals surface area contributed by atoms with E-state index in [1.165, 1.54) is 0 Å². The number of isocyanates is 1. The van der Waals surface area contributed by atoms with Crippen molar-refractivity contribution in [1.82, 2.24) is 5.32 Å². The SMILES string of the molecule is CC[Si](CC)(CC)O[C@@H]1CC[C@@H](O[Si](CC)(CC)CC)[C@H](O[Si](CC)(CC)CC)C[C@H](O[Si](CC)(CC)CC)C[C@]2(OC)C[C@H](O[Si](CC)(CC)CC)[C@@H](N=C=O)C(C[C@@H](O[C@@H]3O[C@H](C)[C@@H](O[Si](CC)(CC)CC)[C@H](NC(=O)OCC4c5ccccc5-c5ccccc54)[C@@H]3O[Si](CC)(CC)CC)/C=C/C=C/C=C/C=C/C=C/C=C/C=C/[C@H](C)[C@@H](O[Si](CC)(CC)CC)[C@@H](C)[C@H](C)OC(=O)C[C@H](O[Si](CC)(CC)CC)C1)O2. The normalized spacial score (nSPS) is 28.2. The van der Waals surface area contributed by atoms with Crippen LogP contribution >= 0.6 is 0 Å². The molecule has 3 aliphatic heterocycles. The lowest BCUT2D eigenvalue weighted by Gasteiger charge is -2.52. The number of rotatable bonds is 52. The van der Waals surface area contributed by atoms with Crippen LogP contribution in [0.3, 0.4) is 0 Å². The Morgan fingerprint density at radius 2 is 0.774 bits per heavy atom. The molecule has 1 unspecified atom stereocenters. The Hall–Kier alpha value is -3.83. The fourth-order valence-electron chi connectivity index (χ4n) is 23.9. The van der Waals surface area contributed by atoms with Gasteiger partial charge in [0, 0.05) is 44.3 Å². The molecule has 1 amide bonds. The van der Waals surface area contributed by atoms with Gasteiger partial charge in [0.2, 0.25) is 6.08 Å². The minimum absolute atomic E-state index is 0.00582. The molecule has 2 fully saturated rings. The van der Waals surface area contributed by atoms with Gasteiger partial charge >= 0.3 is 12.1 Å². The first-order valence-corrected chi connectivity index (χ1v) is 81.5. The van der Waals surface area contributed by atoms with Crippen LogP contribution in [0.2, 0.25) is 163 Å². The van der Waals surface area contributed by atoms with Crippen LogP contribution in [0.15, 0.2) is 139 Å². The zero-order valence-electron chi connectivity index (χ0n) is 97.9. The van der Waals surface area contributed by atoms with Gasteiger partial charge in [-0.05, 0) is 231 Å². The lowest BCUT2D eigenvalue weighted by Crippen LogP contribution is -2.69. The topological polar surface area (TPSA) is 214 Å². The number of benzene rings is 2. The number of carbonyl (C=O) groups is 2. The van der Waals surface area contributed by atoms with E-state index in [0.29, 0.717) is 25.7 Å². The Morgan fingerprint density at radius 1 is 0.404 bits per heavy atom. The average molecular weight is 2190 g/mol. The van der Waals surface area contributed by atoms with Gasteiger partial charge in [-0.25, -0.2) is 9.59 Å². The molecule has 3 heterocycles. The highest BCUT2D eigenvalue weighted by molar-refractivity contribution is 6.77. The molecule has 0 spiro atoms. The van der Waals surface area contributed by atoms with E-state index >= 15 is 9.59 Å². The number of alkyl carbamates (subject to hydrolysis) is 1. The predicted octanol–water partition coefficient (Wildman–Crippen LogP) is 32.2. The molecule has 2 saturated heterocycles. The number of cyclic esters (lactones) is 1. The summed E-state index contributed by atoms with van der Waals surface area (Å²) in [5, 5.41) is 3.52. The number of aliphatic imine (C=N–C) groups is 1. The summed E-state index contributed by atoms with van der Waals surface area (Å²) in [6.45, 7) is 70.6. The summed E-state index contributed by atoms with van der Waals surface area (Å²) in [4.78, 5) is 49.9. The lowest BCUT2D eigenvalue weighted by atomic mass is 9.87. The van der Waals surface area contributed by atoms with E-state index < -0.39 is 172 Å².